The molecule has 0 heterocycles. The van der Waals surface area contributed by atoms with Crippen molar-refractivity contribution in [2.24, 2.45) is 0 Å². The number of rotatable bonds is 7. The normalized spacial score (nSPS) is 10.2. The summed E-state index contributed by atoms with van der Waals surface area (Å²) in [5.74, 6) is -0.0483. The van der Waals surface area contributed by atoms with E-state index in [-0.39, 0.29) is 0 Å². The van der Waals surface area contributed by atoms with Crippen molar-refractivity contribution in [1.82, 2.24) is 0 Å². The topological polar surface area (TPSA) is 71.1 Å². The molecule has 6 nitrogen and oxygen atoms in total. The van der Waals surface area contributed by atoms with Gasteiger partial charge in [0.15, 0.2) is 0 Å². The van der Waals surface area contributed by atoms with Crippen LogP contribution in [-0.4, -0.2) is 39.4 Å². The van der Waals surface area contributed by atoms with Gasteiger partial charge in [-0.1, -0.05) is 0 Å². The SMILES string of the molecule is COCCOc1ccc(C(=O)Oc2ccc(C(=O)OC)cc2Br)cc1. The van der Waals surface area contributed by atoms with E-state index >= 15 is 0 Å². The summed E-state index contributed by atoms with van der Waals surface area (Å²) in [6.45, 7) is 0.916. The van der Waals surface area contributed by atoms with Crippen molar-refractivity contribution >= 4 is 27.9 Å². The first-order valence-electron chi connectivity index (χ1n) is 7.37. The highest BCUT2D eigenvalue weighted by molar-refractivity contribution is 9.10. The van der Waals surface area contributed by atoms with Crippen LogP contribution in [0.4, 0.5) is 0 Å². The van der Waals surface area contributed by atoms with E-state index in [0.717, 1.165) is 0 Å². The summed E-state index contributed by atoms with van der Waals surface area (Å²) in [7, 11) is 2.89. The molecule has 0 amide bonds. The van der Waals surface area contributed by atoms with Gasteiger partial charge in [0.2, 0.25) is 0 Å². The molecular weight excluding hydrogens is 392 g/mol. The first-order valence-corrected chi connectivity index (χ1v) is 8.16. The zero-order valence-electron chi connectivity index (χ0n) is 13.8. The van der Waals surface area contributed by atoms with Crippen molar-refractivity contribution in [2.75, 3.05) is 27.4 Å². The maximum atomic E-state index is 12.2. The molecule has 0 atom stereocenters. The third-order valence-electron chi connectivity index (χ3n) is 3.20. The van der Waals surface area contributed by atoms with E-state index in [0.29, 0.717) is 40.3 Å². The van der Waals surface area contributed by atoms with Crippen LogP contribution in [0.3, 0.4) is 0 Å². The summed E-state index contributed by atoms with van der Waals surface area (Å²) in [6.07, 6.45) is 0. The lowest BCUT2D eigenvalue weighted by molar-refractivity contribution is 0.0600. The molecular formula is C18H17BrO6. The lowest BCUT2D eigenvalue weighted by atomic mass is 10.2. The van der Waals surface area contributed by atoms with Gasteiger partial charge < -0.3 is 18.9 Å². The molecule has 0 aliphatic rings. The number of halogens is 1. The van der Waals surface area contributed by atoms with Crippen LogP contribution in [0.2, 0.25) is 0 Å². The minimum absolute atomic E-state index is 0.304. The average Bonchev–Trinajstić information content (AvgIpc) is 2.63. The van der Waals surface area contributed by atoms with Gasteiger partial charge in [0.1, 0.15) is 18.1 Å². The molecule has 2 aromatic rings. The molecule has 0 N–H and O–H groups in total. The molecule has 0 unspecified atom stereocenters. The van der Waals surface area contributed by atoms with Gasteiger partial charge in [-0.15, -0.1) is 0 Å². The predicted molar refractivity (Wildman–Crippen MR) is 94.3 cm³/mol. The number of methoxy groups -OCH3 is 2. The van der Waals surface area contributed by atoms with Crippen LogP contribution < -0.4 is 9.47 Å². The Balaban J connectivity index is 2.03. The Bertz CT molecular complexity index is 742. The lowest BCUT2D eigenvalue weighted by Crippen LogP contribution is -2.10. The zero-order chi connectivity index (χ0) is 18.2. The Morgan fingerprint density at radius 1 is 0.920 bits per heavy atom. The third kappa shape index (κ3) is 5.30. The first kappa shape index (κ1) is 19.0. The number of ether oxygens (including phenoxy) is 4. The van der Waals surface area contributed by atoms with Gasteiger partial charge >= 0.3 is 11.9 Å². The molecule has 7 heteroatoms. The maximum Gasteiger partial charge on any atom is 0.343 e. The molecule has 0 aliphatic carbocycles. The van der Waals surface area contributed by atoms with Gasteiger partial charge in [-0.3, -0.25) is 0 Å². The van der Waals surface area contributed by atoms with E-state index in [2.05, 4.69) is 20.7 Å². The fourth-order valence-corrected chi connectivity index (χ4v) is 2.38. The van der Waals surface area contributed by atoms with Gasteiger partial charge in [-0.05, 0) is 58.4 Å². The second-order valence-corrected chi connectivity index (χ2v) is 5.75. The Labute approximate surface area is 153 Å². The average molecular weight is 409 g/mol. The minimum Gasteiger partial charge on any atom is -0.491 e. The summed E-state index contributed by atoms with van der Waals surface area (Å²) < 4.78 is 20.8. The fraction of sp³-hybridized carbons (Fsp3) is 0.222. The van der Waals surface area contributed by atoms with Gasteiger partial charge in [0.05, 0.1) is 29.3 Å². The van der Waals surface area contributed by atoms with Crippen LogP contribution >= 0.6 is 15.9 Å². The molecule has 25 heavy (non-hydrogen) atoms. The highest BCUT2D eigenvalue weighted by Crippen LogP contribution is 2.27. The van der Waals surface area contributed by atoms with Crippen molar-refractivity contribution < 1.29 is 28.5 Å². The molecule has 0 saturated heterocycles. The van der Waals surface area contributed by atoms with Crippen molar-refractivity contribution in [2.45, 2.75) is 0 Å². The van der Waals surface area contributed by atoms with E-state index < -0.39 is 11.9 Å². The van der Waals surface area contributed by atoms with Crippen LogP contribution in [0.1, 0.15) is 20.7 Å². The van der Waals surface area contributed by atoms with Crippen LogP contribution in [-0.2, 0) is 9.47 Å². The van der Waals surface area contributed by atoms with Gasteiger partial charge in [-0.25, -0.2) is 9.59 Å². The van der Waals surface area contributed by atoms with Gasteiger partial charge in [-0.2, -0.15) is 0 Å². The summed E-state index contributed by atoms with van der Waals surface area (Å²) >= 11 is 3.28. The van der Waals surface area contributed by atoms with Crippen molar-refractivity contribution in [1.29, 1.82) is 0 Å². The zero-order valence-corrected chi connectivity index (χ0v) is 15.4. The van der Waals surface area contributed by atoms with Crippen LogP contribution in [0, 0.1) is 0 Å². The molecule has 2 rings (SSSR count). The number of carbonyl (C=O) groups is 2. The molecule has 0 aromatic heterocycles. The van der Waals surface area contributed by atoms with E-state index in [1.54, 1.807) is 31.4 Å². The number of esters is 2. The first-order chi connectivity index (χ1) is 12.0. The van der Waals surface area contributed by atoms with E-state index in [1.807, 2.05) is 0 Å². The highest BCUT2D eigenvalue weighted by atomic mass is 79.9. The van der Waals surface area contributed by atoms with Crippen molar-refractivity contribution in [3.8, 4) is 11.5 Å². The smallest absolute Gasteiger partial charge is 0.343 e. The summed E-state index contributed by atoms with van der Waals surface area (Å²) in [6, 6.07) is 11.2. The molecule has 0 aliphatic heterocycles. The maximum absolute atomic E-state index is 12.2. The summed E-state index contributed by atoms with van der Waals surface area (Å²) in [5.41, 5.74) is 0.731. The van der Waals surface area contributed by atoms with E-state index in [1.165, 1.54) is 25.3 Å². The molecule has 132 valence electrons. The Morgan fingerprint density at radius 2 is 1.60 bits per heavy atom. The number of carbonyl (C=O) groups excluding carboxylic acids is 2. The summed E-state index contributed by atoms with van der Waals surface area (Å²) in [4.78, 5) is 23.7. The van der Waals surface area contributed by atoms with E-state index in [4.69, 9.17) is 14.2 Å². The number of benzene rings is 2. The van der Waals surface area contributed by atoms with E-state index in [9.17, 15) is 9.59 Å². The second-order valence-electron chi connectivity index (χ2n) is 4.89. The second kappa shape index (κ2) is 9.19. The standard InChI is InChI=1S/C18H17BrO6/c1-22-9-10-24-14-6-3-12(4-7-14)18(21)25-16-8-5-13(11-15(16)19)17(20)23-2/h3-8,11H,9-10H2,1-2H3. The third-order valence-corrected chi connectivity index (χ3v) is 3.82. The number of hydrogen-bond donors (Lipinski definition) is 0. The largest absolute Gasteiger partial charge is 0.491 e. The highest BCUT2D eigenvalue weighted by Gasteiger charge is 2.14. The Hall–Kier alpha value is -2.38. The Morgan fingerprint density at radius 3 is 2.20 bits per heavy atom. The molecule has 2 aromatic carbocycles. The van der Waals surface area contributed by atoms with Gasteiger partial charge in [0.25, 0.3) is 0 Å². The number of hydrogen-bond acceptors (Lipinski definition) is 6. The van der Waals surface area contributed by atoms with Crippen molar-refractivity contribution in [3.05, 3.63) is 58.1 Å². The minimum atomic E-state index is -0.519. The lowest BCUT2D eigenvalue weighted by Gasteiger charge is -2.09. The van der Waals surface area contributed by atoms with Gasteiger partial charge in [0, 0.05) is 7.11 Å². The molecule has 0 spiro atoms. The van der Waals surface area contributed by atoms with Crippen molar-refractivity contribution in [3.63, 3.8) is 0 Å². The molecule has 0 saturated carbocycles. The van der Waals surface area contributed by atoms with Crippen LogP contribution in [0.25, 0.3) is 0 Å². The quantitative estimate of drug-likeness (QED) is 0.396. The molecule has 0 fully saturated rings. The molecule has 0 bridgehead atoms. The Kier molecular flexibility index (Phi) is 6.97. The molecule has 0 radical (unpaired) electrons. The monoisotopic (exact) mass is 408 g/mol. The fourth-order valence-electron chi connectivity index (χ4n) is 1.92. The van der Waals surface area contributed by atoms with Crippen LogP contribution in [0.15, 0.2) is 46.9 Å². The predicted octanol–water partition coefficient (Wildman–Crippen LogP) is 3.48. The van der Waals surface area contributed by atoms with Crippen LogP contribution in [0.5, 0.6) is 11.5 Å². The summed E-state index contributed by atoms with van der Waals surface area (Å²) in [5, 5.41) is 0.